The Morgan fingerprint density at radius 1 is 1.60 bits per heavy atom. The van der Waals surface area contributed by atoms with Crippen LogP contribution >= 0.6 is 0 Å². The molecule has 0 aromatic carbocycles. The van der Waals surface area contributed by atoms with Crippen LogP contribution in [-0.2, 0) is 0 Å². The van der Waals surface area contributed by atoms with Gasteiger partial charge in [0, 0.05) is 0 Å². The average Bonchev–Trinajstić information content (AvgIpc) is 2.47. The third-order valence-corrected chi connectivity index (χ3v) is 1.29. The largest absolute Gasteiger partial charge is 0.432 e. The molecule has 0 fully saturated rings. The van der Waals surface area contributed by atoms with Crippen LogP contribution in [0, 0.1) is 6.92 Å². The summed E-state index contributed by atoms with van der Waals surface area (Å²) >= 11 is 0. The van der Waals surface area contributed by atoms with E-state index in [-0.39, 0.29) is 6.01 Å². The quantitative estimate of drug-likeness (QED) is 0.801. The lowest BCUT2D eigenvalue weighted by atomic mass is 10.6. The van der Waals surface area contributed by atoms with Crippen LogP contribution in [0.25, 0.3) is 0 Å². The van der Waals surface area contributed by atoms with Gasteiger partial charge in [0.05, 0.1) is 5.69 Å². The summed E-state index contributed by atoms with van der Waals surface area (Å²) in [4.78, 5) is 14.5. The van der Waals surface area contributed by atoms with Gasteiger partial charge in [-0.25, -0.2) is 4.79 Å². The molecule has 0 radical (unpaired) electrons. The molecule has 15 heavy (non-hydrogen) atoms. The van der Waals surface area contributed by atoms with E-state index in [4.69, 9.17) is 4.42 Å². The number of anilines is 1. The minimum atomic E-state index is -4.44. The molecule has 0 unspecified atom stereocenters. The van der Waals surface area contributed by atoms with Gasteiger partial charge in [-0.1, -0.05) is 0 Å². The Morgan fingerprint density at radius 2 is 2.27 bits per heavy atom. The van der Waals surface area contributed by atoms with Gasteiger partial charge >= 0.3 is 18.2 Å². The standard InChI is InChI=1S/C7H8F3N3O2/c1-4-2-15-6(12-4)13-5(14)11-3-7(8,9)10/h2H,3H2,1H3,(H2,11,12,13,14). The second-order valence-electron chi connectivity index (χ2n) is 2.72. The molecule has 0 aliphatic rings. The molecule has 84 valence electrons. The van der Waals surface area contributed by atoms with E-state index >= 15 is 0 Å². The lowest BCUT2D eigenvalue weighted by Gasteiger charge is -2.07. The van der Waals surface area contributed by atoms with Crippen molar-refractivity contribution in [1.29, 1.82) is 0 Å². The van der Waals surface area contributed by atoms with Gasteiger partial charge in [-0.3, -0.25) is 5.32 Å². The molecule has 0 saturated carbocycles. The molecule has 0 aliphatic carbocycles. The normalized spacial score (nSPS) is 11.2. The number of hydrogen-bond donors (Lipinski definition) is 2. The van der Waals surface area contributed by atoms with Crippen LogP contribution < -0.4 is 10.6 Å². The summed E-state index contributed by atoms with van der Waals surface area (Å²) in [5.74, 6) is 0. The lowest BCUT2D eigenvalue weighted by molar-refractivity contribution is -0.122. The van der Waals surface area contributed by atoms with E-state index in [1.165, 1.54) is 6.26 Å². The molecule has 1 aromatic rings. The fourth-order valence-electron chi connectivity index (χ4n) is 0.733. The van der Waals surface area contributed by atoms with Gasteiger partial charge in [0.15, 0.2) is 0 Å². The predicted molar refractivity (Wildman–Crippen MR) is 44.3 cm³/mol. The van der Waals surface area contributed by atoms with Crippen LogP contribution in [-0.4, -0.2) is 23.7 Å². The van der Waals surface area contributed by atoms with E-state index < -0.39 is 18.8 Å². The third-order valence-electron chi connectivity index (χ3n) is 1.29. The number of aryl methyl sites for hydroxylation is 1. The Hall–Kier alpha value is -1.73. The molecule has 1 aromatic heterocycles. The van der Waals surface area contributed by atoms with E-state index in [0.717, 1.165) is 0 Å². The maximum absolute atomic E-state index is 11.7. The molecule has 0 spiro atoms. The molecule has 1 heterocycles. The summed E-state index contributed by atoms with van der Waals surface area (Å²) in [6, 6.07) is -1.17. The second kappa shape index (κ2) is 4.20. The first-order chi connectivity index (χ1) is 6.87. The molecule has 2 amide bonds. The number of urea groups is 1. The van der Waals surface area contributed by atoms with E-state index in [0.29, 0.717) is 5.69 Å². The lowest BCUT2D eigenvalue weighted by Crippen LogP contribution is -2.36. The fraction of sp³-hybridized carbons (Fsp3) is 0.429. The Bertz CT molecular complexity index is 347. The number of nitrogens with zero attached hydrogens (tertiary/aromatic N) is 1. The van der Waals surface area contributed by atoms with Crippen molar-refractivity contribution in [2.75, 3.05) is 11.9 Å². The fourth-order valence-corrected chi connectivity index (χ4v) is 0.733. The molecule has 0 atom stereocenters. The van der Waals surface area contributed by atoms with Crippen LogP contribution in [0.5, 0.6) is 0 Å². The van der Waals surface area contributed by atoms with Crippen LogP contribution in [0.4, 0.5) is 24.0 Å². The molecule has 0 saturated heterocycles. The monoisotopic (exact) mass is 223 g/mol. The van der Waals surface area contributed by atoms with E-state index in [9.17, 15) is 18.0 Å². The highest BCUT2D eigenvalue weighted by Crippen LogP contribution is 2.12. The number of carbonyl (C=O) groups is 1. The number of rotatable bonds is 2. The van der Waals surface area contributed by atoms with Crippen molar-refractivity contribution in [2.45, 2.75) is 13.1 Å². The Labute approximate surface area is 82.7 Å². The summed E-state index contributed by atoms with van der Waals surface area (Å²) in [5.41, 5.74) is 0.515. The molecule has 1 rings (SSSR count). The summed E-state index contributed by atoms with van der Waals surface area (Å²) in [6.45, 7) is 0.209. The number of carbonyl (C=O) groups excluding carboxylic acids is 1. The predicted octanol–water partition coefficient (Wildman–Crippen LogP) is 1.67. The highest BCUT2D eigenvalue weighted by atomic mass is 19.4. The SMILES string of the molecule is Cc1coc(NC(=O)NCC(F)(F)F)n1. The Morgan fingerprint density at radius 3 is 2.73 bits per heavy atom. The van der Waals surface area contributed by atoms with Crippen molar-refractivity contribution in [1.82, 2.24) is 10.3 Å². The van der Waals surface area contributed by atoms with Crippen molar-refractivity contribution in [2.24, 2.45) is 0 Å². The van der Waals surface area contributed by atoms with Gasteiger partial charge in [0.2, 0.25) is 0 Å². The number of oxazole rings is 1. The highest BCUT2D eigenvalue weighted by molar-refractivity contribution is 5.86. The first kappa shape index (κ1) is 11.3. The van der Waals surface area contributed by atoms with Crippen LogP contribution in [0.1, 0.15) is 5.69 Å². The topological polar surface area (TPSA) is 67.2 Å². The van der Waals surface area contributed by atoms with Crippen LogP contribution in [0.15, 0.2) is 10.7 Å². The number of hydrogen-bond acceptors (Lipinski definition) is 3. The van der Waals surface area contributed by atoms with Gasteiger partial charge in [0.25, 0.3) is 0 Å². The maximum atomic E-state index is 11.7. The smallest absolute Gasteiger partial charge is 0.405 e. The van der Waals surface area contributed by atoms with Gasteiger partial charge in [-0.05, 0) is 6.92 Å². The van der Waals surface area contributed by atoms with E-state index in [1.54, 1.807) is 12.2 Å². The number of amides is 2. The zero-order chi connectivity index (χ0) is 11.5. The number of aromatic nitrogens is 1. The molecule has 5 nitrogen and oxygen atoms in total. The van der Waals surface area contributed by atoms with Crippen molar-refractivity contribution in [3.8, 4) is 0 Å². The Kier molecular flexibility index (Phi) is 3.17. The number of halogens is 3. The van der Waals surface area contributed by atoms with E-state index in [2.05, 4.69) is 4.98 Å². The van der Waals surface area contributed by atoms with Crippen LogP contribution in [0.2, 0.25) is 0 Å². The van der Waals surface area contributed by atoms with Gasteiger partial charge in [-0.2, -0.15) is 18.2 Å². The molecule has 0 aliphatic heterocycles. The van der Waals surface area contributed by atoms with Gasteiger partial charge in [-0.15, -0.1) is 0 Å². The summed E-state index contributed by atoms with van der Waals surface area (Å²) in [7, 11) is 0. The Balaban J connectivity index is 2.37. The first-order valence-electron chi connectivity index (χ1n) is 3.90. The van der Waals surface area contributed by atoms with Crippen LogP contribution in [0.3, 0.4) is 0 Å². The highest BCUT2D eigenvalue weighted by Gasteiger charge is 2.27. The van der Waals surface area contributed by atoms with E-state index in [1.807, 2.05) is 5.32 Å². The third kappa shape index (κ3) is 4.34. The van der Waals surface area contributed by atoms with Crippen molar-refractivity contribution >= 4 is 12.0 Å². The summed E-state index contributed by atoms with van der Waals surface area (Å²) in [6.07, 6.45) is -3.18. The van der Waals surface area contributed by atoms with Crippen molar-refractivity contribution in [3.05, 3.63) is 12.0 Å². The molecule has 0 bridgehead atoms. The van der Waals surface area contributed by atoms with Gasteiger partial charge in [0.1, 0.15) is 12.8 Å². The maximum Gasteiger partial charge on any atom is 0.405 e. The first-order valence-corrected chi connectivity index (χ1v) is 3.90. The minimum Gasteiger partial charge on any atom is -0.432 e. The van der Waals surface area contributed by atoms with Crippen molar-refractivity contribution < 1.29 is 22.4 Å². The van der Waals surface area contributed by atoms with Gasteiger partial charge < -0.3 is 9.73 Å². The average molecular weight is 223 g/mol. The summed E-state index contributed by atoms with van der Waals surface area (Å²) < 4.78 is 39.7. The summed E-state index contributed by atoms with van der Waals surface area (Å²) in [5, 5.41) is 3.61. The van der Waals surface area contributed by atoms with Crippen molar-refractivity contribution in [3.63, 3.8) is 0 Å². The molecule has 8 heteroatoms. The molecular formula is C7H8F3N3O2. The second-order valence-corrected chi connectivity index (χ2v) is 2.72. The number of nitrogens with one attached hydrogen (secondary N) is 2. The molecule has 2 N–H and O–H groups in total. The number of alkyl halides is 3. The zero-order valence-electron chi connectivity index (χ0n) is 7.68. The zero-order valence-corrected chi connectivity index (χ0v) is 7.68. The minimum absolute atomic E-state index is 0.146. The molecular weight excluding hydrogens is 215 g/mol.